The van der Waals surface area contributed by atoms with Crippen LogP contribution < -0.4 is 5.32 Å². The summed E-state index contributed by atoms with van der Waals surface area (Å²) in [6, 6.07) is 11.5. The fourth-order valence-corrected chi connectivity index (χ4v) is 3.90. The molecule has 2 N–H and O–H groups in total. The smallest absolute Gasteiger partial charge is 0.220 e. The highest BCUT2D eigenvalue weighted by Crippen LogP contribution is 2.23. The summed E-state index contributed by atoms with van der Waals surface area (Å²) in [7, 11) is 0. The third-order valence-corrected chi connectivity index (χ3v) is 5.35. The zero-order valence-electron chi connectivity index (χ0n) is 13.2. The average molecular weight is 396 g/mol. The predicted molar refractivity (Wildman–Crippen MR) is 99.0 cm³/mol. The topological polar surface area (TPSA) is 49.3 Å². The molecule has 1 unspecified atom stereocenters. The van der Waals surface area contributed by atoms with E-state index in [4.69, 9.17) is 0 Å². The summed E-state index contributed by atoms with van der Waals surface area (Å²) in [5, 5.41) is 12.3. The molecule has 1 atom stereocenters. The average Bonchev–Trinajstić information content (AvgIpc) is 2.92. The second-order valence-electron chi connectivity index (χ2n) is 5.73. The van der Waals surface area contributed by atoms with Gasteiger partial charge in [-0.25, -0.2) is 0 Å². The van der Waals surface area contributed by atoms with Crippen LogP contribution in [0.15, 0.2) is 40.2 Å². The number of amides is 1. The molecule has 0 aliphatic carbocycles. The van der Waals surface area contributed by atoms with Crippen molar-refractivity contribution in [1.82, 2.24) is 5.32 Å². The summed E-state index contributed by atoms with van der Waals surface area (Å²) >= 11 is 5.18. The van der Waals surface area contributed by atoms with E-state index in [0.717, 1.165) is 29.5 Å². The van der Waals surface area contributed by atoms with Crippen molar-refractivity contribution in [2.75, 3.05) is 0 Å². The number of aromatic hydroxyl groups is 1. The number of phenolic OH excluding ortho intramolecular Hbond substituents is 1. The largest absolute Gasteiger partial charge is 0.508 e. The lowest BCUT2D eigenvalue weighted by atomic mass is 10.1. The molecule has 2 rings (SSSR count). The van der Waals surface area contributed by atoms with Crippen molar-refractivity contribution in [3.05, 3.63) is 50.6 Å². The van der Waals surface area contributed by atoms with Gasteiger partial charge >= 0.3 is 0 Å². The van der Waals surface area contributed by atoms with Crippen LogP contribution in [0.25, 0.3) is 0 Å². The van der Waals surface area contributed by atoms with Gasteiger partial charge in [-0.05, 0) is 78.4 Å². The number of aryl methyl sites for hydroxylation is 2. The Balaban J connectivity index is 1.63. The summed E-state index contributed by atoms with van der Waals surface area (Å²) in [5.41, 5.74) is 1.17. The van der Waals surface area contributed by atoms with Gasteiger partial charge in [-0.2, -0.15) is 0 Å². The highest BCUT2D eigenvalue weighted by molar-refractivity contribution is 9.11. The molecule has 3 nitrogen and oxygen atoms in total. The van der Waals surface area contributed by atoms with Crippen molar-refractivity contribution in [2.24, 2.45) is 0 Å². The molecular formula is C18H22BrNO2S. The fourth-order valence-electron chi connectivity index (χ4n) is 2.37. The molecule has 0 bridgehead atoms. The van der Waals surface area contributed by atoms with Crippen LogP contribution in [-0.2, 0) is 17.6 Å². The minimum absolute atomic E-state index is 0.124. The lowest BCUT2D eigenvalue weighted by Crippen LogP contribution is -2.32. The molecule has 1 heterocycles. The molecule has 0 radical (unpaired) electrons. The van der Waals surface area contributed by atoms with E-state index >= 15 is 0 Å². The number of benzene rings is 1. The molecule has 0 spiro atoms. The Morgan fingerprint density at radius 2 is 1.96 bits per heavy atom. The summed E-state index contributed by atoms with van der Waals surface area (Å²) in [6.45, 7) is 2.04. The van der Waals surface area contributed by atoms with E-state index in [2.05, 4.69) is 27.3 Å². The number of rotatable bonds is 8. The Morgan fingerprint density at radius 3 is 2.61 bits per heavy atom. The van der Waals surface area contributed by atoms with Crippen molar-refractivity contribution in [2.45, 2.75) is 45.1 Å². The van der Waals surface area contributed by atoms with Crippen LogP contribution in [0.4, 0.5) is 0 Å². The van der Waals surface area contributed by atoms with E-state index in [1.807, 2.05) is 25.1 Å². The molecule has 23 heavy (non-hydrogen) atoms. The summed E-state index contributed by atoms with van der Waals surface area (Å²) < 4.78 is 1.14. The molecule has 0 aliphatic rings. The molecule has 124 valence electrons. The molecule has 0 aliphatic heterocycles. The SMILES string of the molecule is CC(CCc1ccc(O)cc1)NC(=O)CCCc1ccc(Br)s1. The minimum Gasteiger partial charge on any atom is -0.508 e. The van der Waals surface area contributed by atoms with Crippen LogP contribution in [0.5, 0.6) is 5.75 Å². The van der Waals surface area contributed by atoms with Crippen LogP contribution in [0, 0.1) is 0 Å². The molecule has 0 saturated heterocycles. The third-order valence-electron chi connectivity index (χ3n) is 3.67. The third kappa shape index (κ3) is 6.75. The van der Waals surface area contributed by atoms with E-state index in [-0.39, 0.29) is 17.7 Å². The molecule has 1 aromatic carbocycles. The maximum Gasteiger partial charge on any atom is 0.220 e. The highest BCUT2D eigenvalue weighted by Gasteiger charge is 2.08. The first-order valence-corrected chi connectivity index (χ1v) is 9.45. The van der Waals surface area contributed by atoms with Gasteiger partial charge in [0.15, 0.2) is 0 Å². The predicted octanol–water partition coefficient (Wildman–Crippen LogP) is 4.68. The van der Waals surface area contributed by atoms with Crippen molar-refractivity contribution in [3.8, 4) is 5.75 Å². The number of carbonyl (C=O) groups excluding carboxylic acids is 1. The Labute approximate surface area is 149 Å². The zero-order chi connectivity index (χ0) is 16.7. The summed E-state index contributed by atoms with van der Waals surface area (Å²) in [5.74, 6) is 0.409. The molecule has 5 heteroatoms. The summed E-state index contributed by atoms with van der Waals surface area (Å²) in [6.07, 6.45) is 4.19. The van der Waals surface area contributed by atoms with E-state index in [1.54, 1.807) is 23.5 Å². The van der Waals surface area contributed by atoms with E-state index in [9.17, 15) is 9.90 Å². The van der Waals surface area contributed by atoms with Crippen molar-refractivity contribution < 1.29 is 9.90 Å². The van der Waals surface area contributed by atoms with Gasteiger partial charge in [0.25, 0.3) is 0 Å². The minimum atomic E-state index is 0.124. The maximum absolute atomic E-state index is 12.0. The zero-order valence-corrected chi connectivity index (χ0v) is 15.6. The van der Waals surface area contributed by atoms with Gasteiger partial charge in [-0.15, -0.1) is 11.3 Å². The Morgan fingerprint density at radius 1 is 1.22 bits per heavy atom. The first-order chi connectivity index (χ1) is 11.0. The van der Waals surface area contributed by atoms with Gasteiger partial charge in [0.1, 0.15) is 5.75 Å². The van der Waals surface area contributed by atoms with Gasteiger partial charge in [0.05, 0.1) is 3.79 Å². The molecule has 1 amide bonds. The Hall–Kier alpha value is -1.33. The lowest BCUT2D eigenvalue weighted by Gasteiger charge is -2.14. The van der Waals surface area contributed by atoms with Crippen LogP contribution in [0.3, 0.4) is 0 Å². The Bertz CT molecular complexity index is 624. The van der Waals surface area contributed by atoms with Crippen LogP contribution in [0.2, 0.25) is 0 Å². The number of nitrogens with one attached hydrogen (secondary N) is 1. The van der Waals surface area contributed by atoms with Gasteiger partial charge in [-0.3, -0.25) is 4.79 Å². The van der Waals surface area contributed by atoms with Crippen LogP contribution in [-0.4, -0.2) is 17.1 Å². The molecule has 0 fully saturated rings. The van der Waals surface area contributed by atoms with E-state index in [1.165, 1.54) is 10.4 Å². The quantitative estimate of drug-likeness (QED) is 0.681. The molecule has 1 aromatic heterocycles. The van der Waals surface area contributed by atoms with E-state index in [0.29, 0.717) is 6.42 Å². The lowest BCUT2D eigenvalue weighted by molar-refractivity contribution is -0.121. The number of hydrogen-bond donors (Lipinski definition) is 2. The number of hydrogen-bond acceptors (Lipinski definition) is 3. The fraction of sp³-hybridized carbons (Fsp3) is 0.389. The van der Waals surface area contributed by atoms with Crippen molar-refractivity contribution >= 4 is 33.2 Å². The van der Waals surface area contributed by atoms with Crippen molar-refractivity contribution in [3.63, 3.8) is 0 Å². The van der Waals surface area contributed by atoms with Gasteiger partial charge in [0.2, 0.25) is 5.91 Å². The molecular weight excluding hydrogens is 374 g/mol. The number of phenols is 1. The number of thiophene rings is 1. The van der Waals surface area contributed by atoms with Crippen LogP contribution >= 0.6 is 27.3 Å². The first-order valence-electron chi connectivity index (χ1n) is 7.84. The normalized spacial score (nSPS) is 12.1. The van der Waals surface area contributed by atoms with Gasteiger partial charge < -0.3 is 10.4 Å². The summed E-state index contributed by atoms with van der Waals surface area (Å²) in [4.78, 5) is 13.3. The Kier molecular flexibility index (Phi) is 7.12. The standard InChI is InChI=1S/C18H22BrNO2S/c1-13(5-6-14-7-9-15(21)10-8-14)20-18(22)4-2-3-16-11-12-17(19)23-16/h7-13,21H,2-6H2,1H3,(H,20,22). The van der Waals surface area contributed by atoms with E-state index < -0.39 is 0 Å². The second kappa shape index (κ2) is 9.08. The monoisotopic (exact) mass is 395 g/mol. The van der Waals surface area contributed by atoms with Gasteiger partial charge in [-0.1, -0.05) is 12.1 Å². The number of halogens is 1. The molecule has 0 saturated carbocycles. The first kappa shape index (κ1) is 18.0. The maximum atomic E-state index is 12.0. The van der Waals surface area contributed by atoms with Gasteiger partial charge in [0, 0.05) is 17.3 Å². The molecule has 2 aromatic rings. The second-order valence-corrected chi connectivity index (χ2v) is 8.28. The van der Waals surface area contributed by atoms with Crippen LogP contribution in [0.1, 0.15) is 36.6 Å². The number of carbonyl (C=O) groups is 1. The van der Waals surface area contributed by atoms with Crippen molar-refractivity contribution in [1.29, 1.82) is 0 Å². The highest BCUT2D eigenvalue weighted by atomic mass is 79.9.